The van der Waals surface area contributed by atoms with E-state index in [1.807, 2.05) is 55.5 Å². The Morgan fingerprint density at radius 1 is 1.10 bits per heavy atom. The van der Waals surface area contributed by atoms with Crippen molar-refractivity contribution in [2.24, 2.45) is 0 Å². The first-order valence-corrected chi connectivity index (χ1v) is 13.2. The van der Waals surface area contributed by atoms with E-state index in [1.165, 1.54) is 0 Å². The highest BCUT2D eigenvalue weighted by Crippen LogP contribution is 2.27. The number of hydrogen-bond donors (Lipinski definition) is 4. The molecule has 11 nitrogen and oxygen atoms in total. The van der Waals surface area contributed by atoms with Crippen molar-refractivity contribution in [3.8, 4) is 11.8 Å². The van der Waals surface area contributed by atoms with Gasteiger partial charge in [0, 0.05) is 6.42 Å². The lowest BCUT2D eigenvalue weighted by Gasteiger charge is -2.23. The number of nitriles is 1. The minimum Gasteiger partial charge on any atom is -0.382 e. The Hall–Kier alpha value is -4.82. The van der Waals surface area contributed by atoms with Gasteiger partial charge in [0.2, 0.25) is 5.91 Å². The van der Waals surface area contributed by atoms with E-state index in [1.54, 1.807) is 17.0 Å². The number of nitrogen functional groups attached to an aromatic ring is 1. The molecule has 0 unspecified atom stereocenters. The minimum absolute atomic E-state index is 0.0842. The lowest BCUT2D eigenvalue weighted by atomic mass is 10.0. The number of aryl methyl sites for hydroxylation is 2. The predicted octanol–water partition coefficient (Wildman–Crippen LogP) is 4.11. The summed E-state index contributed by atoms with van der Waals surface area (Å²) >= 11 is 0. The van der Waals surface area contributed by atoms with E-state index in [0.717, 1.165) is 18.4 Å². The van der Waals surface area contributed by atoms with E-state index >= 15 is 0 Å². The van der Waals surface area contributed by atoms with Crippen molar-refractivity contribution in [2.75, 3.05) is 11.1 Å². The van der Waals surface area contributed by atoms with Crippen LogP contribution in [0.25, 0.3) is 16.6 Å². The van der Waals surface area contributed by atoms with Gasteiger partial charge < -0.3 is 11.1 Å². The van der Waals surface area contributed by atoms with Crippen LogP contribution in [0.1, 0.15) is 67.8 Å². The fraction of sp³-hybridized carbons (Fsp3) is 0.310. The van der Waals surface area contributed by atoms with Crippen LogP contribution in [0.4, 0.5) is 11.6 Å². The number of carbonyl (C=O) groups is 1. The smallest absolute Gasteiger partial charge is 0.266 e. The number of hydroxylamine groups is 1. The van der Waals surface area contributed by atoms with E-state index < -0.39 is 11.9 Å². The minimum atomic E-state index is -0.473. The summed E-state index contributed by atoms with van der Waals surface area (Å²) in [5.74, 6) is 0.866. The van der Waals surface area contributed by atoms with Crippen molar-refractivity contribution in [2.45, 2.75) is 58.4 Å². The number of unbranched alkanes of at least 4 members (excludes halogenated alkanes) is 2. The van der Waals surface area contributed by atoms with Crippen LogP contribution < -0.4 is 22.1 Å². The van der Waals surface area contributed by atoms with Crippen LogP contribution >= 0.6 is 0 Å². The van der Waals surface area contributed by atoms with Crippen LogP contribution in [-0.2, 0) is 11.2 Å². The van der Waals surface area contributed by atoms with Gasteiger partial charge >= 0.3 is 0 Å². The van der Waals surface area contributed by atoms with E-state index in [9.17, 15) is 14.9 Å². The first-order valence-electron chi connectivity index (χ1n) is 13.2. The second kappa shape index (κ2) is 12.8. The summed E-state index contributed by atoms with van der Waals surface area (Å²) in [5, 5.41) is 22.2. The highest BCUT2D eigenvalue weighted by Gasteiger charge is 2.23. The molecule has 206 valence electrons. The number of para-hydroxylation sites is 1. The average Bonchev–Trinajstić information content (AvgIpc) is 2.95. The largest absolute Gasteiger partial charge is 0.382 e. The number of nitrogens with two attached hydrogens (primary N) is 1. The zero-order chi connectivity index (χ0) is 28.6. The number of carbonyl (C=O) groups excluding carboxylic acids is 1. The molecule has 2 aromatic heterocycles. The molecule has 0 saturated heterocycles. The Labute approximate surface area is 231 Å². The summed E-state index contributed by atoms with van der Waals surface area (Å²) in [6.45, 7) is 3.65. The fourth-order valence-electron chi connectivity index (χ4n) is 4.74. The Balaban J connectivity index is 1.79. The molecule has 11 heteroatoms. The number of amides is 1. The van der Waals surface area contributed by atoms with E-state index in [2.05, 4.69) is 21.4 Å². The number of fused-ring (bicyclic) bond motifs is 1. The molecule has 2 aromatic carbocycles. The van der Waals surface area contributed by atoms with Crippen LogP contribution in [0.15, 0.2) is 53.3 Å². The van der Waals surface area contributed by atoms with Crippen LogP contribution in [0.3, 0.4) is 0 Å². The molecular formula is C29H32N8O3. The Morgan fingerprint density at radius 3 is 2.58 bits per heavy atom. The maximum Gasteiger partial charge on any atom is 0.266 e. The lowest BCUT2D eigenvalue weighted by Crippen LogP contribution is -2.29. The van der Waals surface area contributed by atoms with Crippen molar-refractivity contribution >= 4 is 28.4 Å². The van der Waals surface area contributed by atoms with E-state index in [-0.39, 0.29) is 29.2 Å². The summed E-state index contributed by atoms with van der Waals surface area (Å²) in [5.41, 5.74) is 9.70. The molecule has 40 heavy (non-hydrogen) atoms. The summed E-state index contributed by atoms with van der Waals surface area (Å²) in [6.07, 6.45) is 3.61. The first-order chi connectivity index (χ1) is 19.4. The third kappa shape index (κ3) is 6.08. The van der Waals surface area contributed by atoms with Crippen LogP contribution in [-0.4, -0.2) is 30.6 Å². The van der Waals surface area contributed by atoms with Gasteiger partial charge in [0.1, 0.15) is 29.1 Å². The Kier molecular flexibility index (Phi) is 9.04. The van der Waals surface area contributed by atoms with Crippen molar-refractivity contribution in [3.63, 3.8) is 0 Å². The van der Waals surface area contributed by atoms with Gasteiger partial charge in [-0.25, -0.2) is 20.4 Å². The molecule has 4 aromatic rings. The standard InChI is InChI=1S/C29H32N8O3/c1-3-22(34-27-21(17-30)26(31)32-18(2)33-27)28-35-23-15-10-12-19(11-6-4-9-16-24(38)36-40)25(23)29(39)37(28)20-13-7-5-8-14-20/h5,7-8,10,12-15,22,40H,3-4,6,9,11,16H2,1-2H3,(H,36,38)(H3,31,32,33,34)/t22-/m0/s1. The number of benzene rings is 2. The van der Waals surface area contributed by atoms with Gasteiger partial charge in [0.05, 0.1) is 22.6 Å². The van der Waals surface area contributed by atoms with E-state index in [4.69, 9.17) is 15.9 Å². The third-order valence-corrected chi connectivity index (χ3v) is 6.69. The molecular weight excluding hydrogens is 508 g/mol. The topological polar surface area (TPSA) is 172 Å². The molecule has 0 radical (unpaired) electrons. The molecule has 0 bridgehead atoms. The van der Waals surface area contributed by atoms with Crippen LogP contribution in [0, 0.1) is 18.3 Å². The molecule has 1 atom stereocenters. The molecule has 0 saturated carbocycles. The Bertz CT molecular complexity index is 1610. The zero-order valence-corrected chi connectivity index (χ0v) is 22.5. The Morgan fingerprint density at radius 2 is 1.88 bits per heavy atom. The molecule has 0 aliphatic rings. The number of aromatic nitrogens is 4. The third-order valence-electron chi connectivity index (χ3n) is 6.69. The summed E-state index contributed by atoms with van der Waals surface area (Å²) < 4.78 is 1.61. The number of nitrogens with zero attached hydrogens (tertiary/aromatic N) is 5. The molecule has 0 spiro atoms. The van der Waals surface area contributed by atoms with Gasteiger partial charge in [-0.05, 0) is 56.4 Å². The van der Waals surface area contributed by atoms with Crippen LogP contribution in [0.2, 0.25) is 0 Å². The second-order valence-electron chi connectivity index (χ2n) is 9.45. The molecule has 0 aliphatic carbocycles. The molecule has 2 heterocycles. The SMILES string of the molecule is CC[C@H](Nc1nc(C)nc(N)c1C#N)c1nc2cccc(CCCCCC(=O)NO)c2c(=O)n1-c1ccccc1. The second-order valence-corrected chi connectivity index (χ2v) is 9.45. The van der Waals surface area contributed by atoms with Gasteiger partial charge in [-0.2, -0.15) is 5.26 Å². The normalized spacial score (nSPS) is 11.7. The van der Waals surface area contributed by atoms with Gasteiger partial charge in [-0.1, -0.05) is 43.7 Å². The summed E-state index contributed by atoms with van der Waals surface area (Å²) in [4.78, 5) is 39.0. The highest BCUT2D eigenvalue weighted by atomic mass is 16.5. The number of rotatable bonds is 11. The average molecular weight is 541 g/mol. The van der Waals surface area contributed by atoms with Crippen molar-refractivity contribution in [1.29, 1.82) is 5.26 Å². The number of nitrogens with one attached hydrogen (secondary N) is 2. The van der Waals surface area contributed by atoms with Gasteiger partial charge in [-0.15, -0.1) is 0 Å². The van der Waals surface area contributed by atoms with Gasteiger partial charge in [0.25, 0.3) is 5.56 Å². The predicted molar refractivity (Wildman–Crippen MR) is 152 cm³/mol. The zero-order valence-electron chi connectivity index (χ0n) is 22.5. The van der Waals surface area contributed by atoms with E-state index in [0.29, 0.717) is 47.5 Å². The fourth-order valence-corrected chi connectivity index (χ4v) is 4.74. The van der Waals surface area contributed by atoms with Gasteiger partial charge in [-0.3, -0.25) is 19.4 Å². The molecule has 4 rings (SSSR count). The monoisotopic (exact) mass is 540 g/mol. The maximum atomic E-state index is 14.2. The molecule has 0 fully saturated rings. The van der Waals surface area contributed by atoms with Crippen LogP contribution in [0.5, 0.6) is 0 Å². The number of anilines is 2. The highest BCUT2D eigenvalue weighted by molar-refractivity contribution is 5.82. The molecule has 5 N–H and O–H groups in total. The number of hydrogen-bond acceptors (Lipinski definition) is 9. The quantitative estimate of drug-likeness (QED) is 0.124. The first kappa shape index (κ1) is 28.2. The van der Waals surface area contributed by atoms with Crippen molar-refractivity contribution in [1.82, 2.24) is 25.0 Å². The molecule has 0 aliphatic heterocycles. The van der Waals surface area contributed by atoms with Crippen molar-refractivity contribution < 1.29 is 10.0 Å². The lowest BCUT2D eigenvalue weighted by molar-refractivity contribution is -0.129. The summed E-state index contributed by atoms with van der Waals surface area (Å²) in [6, 6.07) is 16.6. The molecule has 1 amide bonds. The summed E-state index contributed by atoms with van der Waals surface area (Å²) in [7, 11) is 0. The van der Waals surface area contributed by atoms with Crippen molar-refractivity contribution in [3.05, 3.63) is 81.7 Å². The van der Waals surface area contributed by atoms with Gasteiger partial charge in [0.15, 0.2) is 5.82 Å². The maximum absolute atomic E-state index is 14.2.